The maximum absolute atomic E-state index is 6.48. The molecule has 21 heavy (non-hydrogen) atoms. The lowest BCUT2D eigenvalue weighted by atomic mass is 9.78. The molecule has 2 heterocycles. The van der Waals surface area contributed by atoms with Gasteiger partial charge in [0.2, 0.25) is 0 Å². The zero-order valence-electron chi connectivity index (χ0n) is 13.3. The predicted octanol–water partition coefficient (Wildman–Crippen LogP) is 3.06. The van der Waals surface area contributed by atoms with Crippen LogP contribution in [0.15, 0.2) is 18.2 Å². The predicted molar refractivity (Wildman–Crippen MR) is 82.0 cm³/mol. The summed E-state index contributed by atoms with van der Waals surface area (Å²) in [6.45, 7) is 4.27. The molecular weight excluding hydrogens is 266 g/mol. The Hall–Kier alpha value is -1.26. The Balaban J connectivity index is 1.96. The van der Waals surface area contributed by atoms with Crippen molar-refractivity contribution in [3.05, 3.63) is 23.8 Å². The summed E-state index contributed by atoms with van der Waals surface area (Å²) in [5.74, 6) is 1.79. The number of fused-ring (bicyclic) bond motifs is 1. The van der Waals surface area contributed by atoms with Crippen molar-refractivity contribution < 1.29 is 14.2 Å². The fraction of sp³-hybridized carbons (Fsp3) is 0.647. The Bertz CT molecular complexity index is 507. The lowest BCUT2D eigenvalue weighted by Crippen LogP contribution is -2.51. The highest BCUT2D eigenvalue weighted by molar-refractivity contribution is 5.44. The minimum absolute atomic E-state index is 0.135. The first-order valence-corrected chi connectivity index (χ1v) is 7.75. The second kappa shape index (κ2) is 5.50. The fourth-order valence-electron chi connectivity index (χ4n) is 3.91. The molecule has 0 aromatic heterocycles. The second-order valence-corrected chi connectivity index (χ2v) is 6.40. The van der Waals surface area contributed by atoms with E-state index in [-0.39, 0.29) is 17.8 Å². The van der Waals surface area contributed by atoms with Crippen molar-refractivity contribution in [1.82, 2.24) is 5.32 Å². The zero-order chi connectivity index (χ0) is 15.0. The van der Waals surface area contributed by atoms with Crippen LogP contribution in [0.2, 0.25) is 0 Å². The van der Waals surface area contributed by atoms with Gasteiger partial charge in [0.05, 0.1) is 19.3 Å². The Kier molecular flexibility index (Phi) is 3.84. The third kappa shape index (κ3) is 2.74. The third-order valence-electron chi connectivity index (χ3n) is 4.63. The van der Waals surface area contributed by atoms with Crippen LogP contribution in [0.25, 0.3) is 0 Å². The van der Waals surface area contributed by atoms with E-state index in [0.717, 1.165) is 30.8 Å². The Morgan fingerprint density at radius 1 is 1.19 bits per heavy atom. The third-order valence-corrected chi connectivity index (χ3v) is 4.63. The molecule has 1 fully saturated rings. The van der Waals surface area contributed by atoms with Crippen LogP contribution in [0.4, 0.5) is 0 Å². The van der Waals surface area contributed by atoms with Crippen LogP contribution in [0.5, 0.6) is 11.5 Å². The van der Waals surface area contributed by atoms with Gasteiger partial charge in [-0.05, 0) is 27.0 Å². The van der Waals surface area contributed by atoms with Gasteiger partial charge in [-0.3, -0.25) is 0 Å². The van der Waals surface area contributed by atoms with Gasteiger partial charge in [-0.1, -0.05) is 6.07 Å². The van der Waals surface area contributed by atoms with Gasteiger partial charge in [-0.25, -0.2) is 0 Å². The summed E-state index contributed by atoms with van der Waals surface area (Å²) >= 11 is 0. The van der Waals surface area contributed by atoms with E-state index in [1.54, 1.807) is 7.11 Å². The van der Waals surface area contributed by atoms with Crippen LogP contribution in [0, 0.1) is 0 Å². The van der Waals surface area contributed by atoms with Gasteiger partial charge < -0.3 is 19.5 Å². The summed E-state index contributed by atoms with van der Waals surface area (Å²) in [4.78, 5) is 0. The molecule has 3 atom stereocenters. The van der Waals surface area contributed by atoms with Gasteiger partial charge >= 0.3 is 0 Å². The lowest BCUT2D eigenvalue weighted by molar-refractivity contribution is -0.130. The van der Waals surface area contributed by atoms with Crippen molar-refractivity contribution in [3.63, 3.8) is 0 Å². The highest BCUT2D eigenvalue weighted by atomic mass is 16.5. The molecule has 1 N–H and O–H groups in total. The molecule has 1 aromatic rings. The summed E-state index contributed by atoms with van der Waals surface area (Å²) < 4.78 is 17.7. The minimum atomic E-state index is -0.135. The largest absolute Gasteiger partial charge is 0.497 e. The van der Waals surface area contributed by atoms with Crippen LogP contribution < -0.4 is 14.8 Å². The number of nitrogens with one attached hydrogen (secondary N) is 1. The average Bonchev–Trinajstić information content (AvgIpc) is 2.44. The van der Waals surface area contributed by atoms with Crippen molar-refractivity contribution in [3.8, 4) is 11.5 Å². The highest BCUT2D eigenvalue weighted by Crippen LogP contribution is 2.47. The molecular formula is C17H25NO3. The standard InChI is InChI=1S/C17H25NO3/c1-11-8-17(9-12(2)20-11)10-15(18-3)14-6-5-13(19-4)7-16(14)21-17/h5-7,11-12,15,18H,8-10H2,1-4H3. The van der Waals surface area contributed by atoms with Gasteiger partial charge in [0.25, 0.3) is 0 Å². The molecule has 0 aliphatic carbocycles. The van der Waals surface area contributed by atoms with E-state index in [2.05, 4.69) is 25.2 Å². The first kappa shape index (κ1) is 14.7. The van der Waals surface area contributed by atoms with Crippen LogP contribution in [-0.4, -0.2) is 32.0 Å². The van der Waals surface area contributed by atoms with Crippen molar-refractivity contribution >= 4 is 0 Å². The molecule has 1 saturated heterocycles. The summed E-state index contributed by atoms with van der Waals surface area (Å²) in [5.41, 5.74) is 1.08. The molecule has 116 valence electrons. The summed E-state index contributed by atoms with van der Waals surface area (Å²) in [6.07, 6.45) is 3.33. The van der Waals surface area contributed by atoms with E-state index in [0.29, 0.717) is 6.04 Å². The first-order valence-electron chi connectivity index (χ1n) is 7.75. The molecule has 4 nitrogen and oxygen atoms in total. The van der Waals surface area contributed by atoms with Crippen molar-refractivity contribution in [2.24, 2.45) is 0 Å². The molecule has 4 heteroatoms. The quantitative estimate of drug-likeness (QED) is 0.909. The molecule has 0 saturated carbocycles. The van der Waals surface area contributed by atoms with Gasteiger partial charge in [-0.2, -0.15) is 0 Å². The topological polar surface area (TPSA) is 39.7 Å². The Labute approximate surface area is 126 Å². The smallest absolute Gasteiger partial charge is 0.128 e. The van der Waals surface area contributed by atoms with E-state index in [1.165, 1.54) is 5.56 Å². The van der Waals surface area contributed by atoms with Gasteiger partial charge in [-0.15, -0.1) is 0 Å². The molecule has 3 unspecified atom stereocenters. The molecule has 1 spiro atoms. The molecule has 1 aromatic carbocycles. The van der Waals surface area contributed by atoms with Crippen molar-refractivity contribution in [1.29, 1.82) is 0 Å². The Morgan fingerprint density at radius 3 is 2.52 bits per heavy atom. The van der Waals surface area contributed by atoms with Crippen LogP contribution in [0.3, 0.4) is 0 Å². The normalized spacial score (nSPS) is 35.1. The minimum Gasteiger partial charge on any atom is -0.497 e. The van der Waals surface area contributed by atoms with E-state index in [9.17, 15) is 0 Å². The second-order valence-electron chi connectivity index (χ2n) is 6.40. The van der Waals surface area contributed by atoms with Crippen molar-refractivity contribution in [2.45, 2.75) is 57.0 Å². The van der Waals surface area contributed by atoms with Gasteiger partial charge in [0, 0.05) is 36.9 Å². The zero-order valence-corrected chi connectivity index (χ0v) is 13.3. The molecule has 0 radical (unpaired) electrons. The average molecular weight is 291 g/mol. The SMILES string of the molecule is CNC1CC2(CC(C)OC(C)C2)Oc2cc(OC)ccc21. The maximum atomic E-state index is 6.48. The molecule has 0 amide bonds. The van der Waals surface area contributed by atoms with E-state index in [4.69, 9.17) is 14.2 Å². The van der Waals surface area contributed by atoms with E-state index < -0.39 is 0 Å². The molecule has 3 rings (SSSR count). The number of benzene rings is 1. The van der Waals surface area contributed by atoms with Crippen LogP contribution >= 0.6 is 0 Å². The number of methoxy groups -OCH3 is 1. The summed E-state index contributed by atoms with van der Waals surface area (Å²) in [7, 11) is 3.71. The molecule has 2 aliphatic rings. The highest BCUT2D eigenvalue weighted by Gasteiger charge is 2.45. The number of hydrogen-bond acceptors (Lipinski definition) is 4. The summed E-state index contributed by atoms with van der Waals surface area (Å²) in [5, 5.41) is 3.44. The Morgan fingerprint density at radius 2 is 1.90 bits per heavy atom. The molecule has 2 aliphatic heterocycles. The van der Waals surface area contributed by atoms with E-state index >= 15 is 0 Å². The maximum Gasteiger partial charge on any atom is 0.128 e. The van der Waals surface area contributed by atoms with Gasteiger partial charge in [0.1, 0.15) is 17.1 Å². The van der Waals surface area contributed by atoms with Crippen molar-refractivity contribution in [2.75, 3.05) is 14.2 Å². The van der Waals surface area contributed by atoms with Crippen LogP contribution in [0.1, 0.15) is 44.7 Å². The number of rotatable bonds is 2. The number of ether oxygens (including phenoxy) is 3. The van der Waals surface area contributed by atoms with Crippen LogP contribution in [-0.2, 0) is 4.74 Å². The number of hydrogen-bond donors (Lipinski definition) is 1. The lowest BCUT2D eigenvalue weighted by Gasteiger charge is -2.47. The van der Waals surface area contributed by atoms with Gasteiger partial charge in [0.15, 0.2) is 0 Å². The summed E-state index contributed by atoms with van der Waals surface area (Å²) in [6, 6.07) is 6.43. The monoisotopic (exact) mass is 291 g/mol. The molecule has 0 bridgehead atoms. The van der Waals surface area contributed by atoms with E-state index in [1.807, 2.05) is 19.2 Å². The first-order chi connectivity index (χ1) is 10.0. The fourth-order valence-corrected chi connectivity index (χ4v) is 3.91.